The Morgan fingerprint density at radius 3 is 1.01 bits per heavy atom. The SMILES string of the molecule is CC/C=C\C/C=C\C/C=C\C/C=C\C/C=C\C/C=C\C/C=C\CCCCCCCCCCCCCCCCCCCCCC(=O)NC(COP(=O)(O)OCC[N+](C)(C)C)C(O)/C=C/CC/C=C/CC/C=C/CCCCCCCCCCCCCCCCCCCC. The first-order valence-corrected chi connectivity index (χ1v) is 39.9. The Kier molecular flexibility index (Phi) is 68.8. The van der Waals surface area contributed by atoms with Crippen molar-refractivity contribution in [1.29, 1.82) is 0 Å². The highest BCUT2D eigenvalue weighted by Gasteiger charge is 2.28. The summed E-state index contributed by atoms with van der Waals surface area (Å²) in [6.45, 7) is 4.70. The van der Waals surface area contributed by atoms with Crippen molar-refractivity contribution < 1.29 is 32.9 Å². The lowest BCUT2D eigenvalue weighted by Crippen LogP contribution is -2.45. The van der Waals surface area contributed by atoms with Gasteiger partial charge < -0.3 is 19.8 Å². The van der Waals surface area contributed by atoms with Crippen LogP contribution in [-0.4, -0.2) is 73.4 Å². The summed E-state index contributed by atoms with van der Waals surface area (Å²) >= 11 is 0. The molecule has 0 heterocycles. The molecule has 0 fully saturated rings. The van der Waals surface area contributed by atoms with Gasteiger partial charge in [0.15, 0.2) is 0 Å². The monoisotopic (exact) mass is 1290 g/mol. The maximum atomic E-state index is 13.1. The number of aliphatic hydroxyl groups excluding tert-OH is 1. The molecule has 0 aromatic rings. The number of hydrogen-bond acceptors (Lipinski definition) is 5. The van der Waals surface area contributed by atoms with Crippen molar-refractivity contribution in [2.24, 2.45) is 0 Å². The minimum Gasteiger partial charge on any atom is -0.387 e. The Hall–Kier alpha value is -3.10. The van der Waals surface area contributed by atoms with Gasteiger partial charge in [-0.05, 0) is 103 Å². The van der Waals surface area contributed by atoms with Crippen LogP contribution in [0.3, 0.4) is 0 Å². The van der Waals surface area contributed by atoms with Crippen molar-refractivity contribution in [3.05, 3.63) is 122 Å². The van der Waals surface area contributed by atoms with Gasteiger partial charge in [0.05, 0.1) is 39.9 Å². The van der Waals surface area contributed by atoms with E-state index < -0.39 is 20.0 Å². The third kappa shape index (κ3) is 74.2. The van der Waals surface area contributed by atoms with Crippen LogP contribution in [0.4, 0.5) is 0 Å². The number of phosphoric ester groups is 1. The zero-order valence-electron chi connectivity index (χ0n) is 60.3. The number of hydrogen-bond donors (Lipinski definition) is 3. The van der Waals surface area contributed by atoms with Gasteiger partial charge in [0.25, 0.3) is 0 Å². The summed E-state index contributed by atoms with van der Waals surface area (Å²) in [5, 5.41) is 14.0. The number of amides is 1. The number of likely N-dealkylation sites (N-methyl/N-ethyl adjacent to an activating group) is 1. The number of aliphatic hydroxyl groups is 1. The molecular formula is C82H148N2O6P+. The van der Waals surface area contributed by atoms with Crippen LogP contribution in [0, 0.1) is 0 Å². The first-order valence-electron chi connectivity index (χ1n) is 38.4. The van der Waals surface area contributed by atoms with E-state index in [9.17, 15) is 19.4 Å². The van der Waals surface area contributed by atoms with Crippen molar-refractivity contribution in [2.75, 3.05) is 40.9 Å². The maximum absolute atomic E-state index is 13.1. The highest BCUT2D eigenvalue weighted by molar-refractivity contribution is 7.47. The summed E-state index contributed by atoms with van der Waals surface area (Å²) in [6, 6.07) is -0.877. The second kappa shape index (κ2) is 71.2. The van der Waals surface area contributed by atoms with E-state index in [1.54, 1.807) is 6.08 Å². The standard InChI is InChI=1S/C82H147N2O6P/c1-6-8-10-12-14-16-18-20-22-24-26-28-30-32-34-36-37-38-39-40-41-42-43-44-45-46-47-48-50-52-54-56-58-60-62-64-66-68-70-72-74-76-82(86)83-80(79-90-91(87,88)89-78-77-84(3,4)5)81(85)75-73-71-69-67-65-63-61-59-57-55-53-51-49-35-33-31-29-27-25-23-21-19-17-15-13-11-9-7-2/h8,10,14,16,20,22,26,28,32,34,37-38,40-41,57,59,65,67,73,75,80-81,85H,6-7,9,11-13,15,17-19,21,23-25,27,29-31,33,35-36,39,42-56,58,60-64,66,68-72,74,76-79H2,1-5H3,(H-,83,86,87,88)/p+1/b10-8-,16-14-,22-20-,28-26-,34-32-,38-37-,41-40-,59-57+,67-65+,75-73+. The van der Waals surface area contributed by atoms with Crippen LogP contribution in [0.25, 0.3) is 0 Å². The zero-order chi connectivity index (χ0) is 66.2. The van der Waals surface area contributed by atoms with Gasteiger partial charge in [-0.25, -0.2) is 4.57 Å². The molecule has 3 atom stereocenters. The quantitative estimate of drug-likeness (QED) is 0.0243. The molecule has 0 aliphatic heterocycles. The summed E-state index contributed by atoms with van der Waals surface area (Å²) in [5.41, 5.74) is 0. The van der Waals surface area contributed by atoms with E-state index in [2.05, 4.69) is 129 Å². The highest BCUT2D eigenvalue weighted by Crippen LogP contribution is 2.43. The van der Waals surface area contributed by atoms with Crippen LogP contribution >= 0.6 is 7.82 Å². The maximum Gasteiger partial charge on any atom is 0.472 e. The molecular weight excluding hydrogens is 1140 g/mol. The second-order valence-corrected chi connectivity index (χ2v) is 28.4. The largest absolute Gasteiger partial charge is 0.472 e. The minimum absolute atomic E-state index is 0.0507. The Balaban J connectivity index is 4.04. The van der Waals surface area contributed by atoms with E-state index in [-0.39, 0.29) is 19.1 Å². The molecule has 1 amide bonds. The predicted molar refractivity (Wildman–Crippen MR) is 401 cm³/mol. The molecule has 526 valence electrons. The van der Waals surface area contributed by atoms with Crippen LogP contribution in [-0.2, 0) is 18.4 Å². The Labute approximate surface area is 564 Å². The molecule has 0 rings (SSSR count). The Morgan fingerprint density at radius 1 is 0.385 bits per heavy atom. The third-order valence-electron chi connectivity index (χ3n) is 16.9. The first-order chi connectivity index (χ1) is 44.5. The van der Waals surface area contributed by atoms with E-state index in [4.69, 9.17) is 9.05 Å². The molecule has 8 nitrogen and oxygen atoms in total. The van der Waals surface area contributed by atoms with Crippen LogP contribution < -0.4 is 5.32 Å². The number of unbranched alkanes of at least 4 members (excludes halogenated alkanes) is 39. The number of phosphoric acid groups is 1. The average Bonchev–Trinajstić information content (AvgIpc) is 3.59. The van der Waals surface area contributed by atoms with E-state index in [1.165, 1.54) is 231 Å². The van der Waals surface area contributed by atoms with E-state index in [1.807, 2.05) is 27.2 Å². The minimum atomic E-state index is -4.37. The predicted octanol–water partition coefficient (Wildman–Crippen LogP) is 25.2. The highest BCUT2D eigenvalue weighted by atomic mass is 31.2. The number of nitrogens with one attached hydrogen (secondary N) is 1. The number of carbonyl (C=O) groups excluding carboxylic acids is 1. The molecule has 0 bridgehead atoms. The smallest absolute Gasteiger partial charge is 0.387 e. The lowest BCUT2D eigenvalue weighted by atomic mass is 10.0. The number of quaternary nitrogens is 1. The summed E-state index contributed by atoms with van der Waals surface area (Å²) in [7, 11) is 1.55. The molecule has 0 radical (unpaired) electrons. The normalized spacial score (nSPS) is 14.2. The number of allylic oxidation sites excluding steroid dienone is 19. The van der Waals surface area contributed by atoms with Crippen molar-refractivity contribution in [3.8, 4) is 0 Å². The average molecular weight is 1290 g/mol. The summed E-state index contributed by atoms with van der Waals surface area (Å²) in [4.78, 5) is 23.5. The molecule has 0 aromatic carbocycles. The molecule has 3 N–H and O–H groups in total. The third-order valence-corrected chi connectivity index (χ3v) is 17.9. The van der Waals surface area contributed by atoms with Gasteiger partial charge >= 0.3 is 7.82 Å². The lowest BCUT2D eigenvalue weighted by molar-refractivity contribution is -0.870. The molecule has 9 heteroatoms. The van der Waals surface area contributed by atoms with Gasteiger partial charge in [0.1, 0.15) is 13.2 Å². The number of rotatable bonds is 70. The topological polar surface area (TPSA) is 105 Å². The van der Waals surface area contributed by atoms with Crippen LogP contribution in [0.2, 0.25) is 0 Å². The fraction of sp³-hybridized carbons (Fsp3) is 0.744. The second-order valence-electron chi connectivity index (χ2n) is 27.0. The van der Waals surface area contributed by atoms with Gasteiger partial charge in [-0.2, -0.15) is 0 Å². The van der Waals surface area contributed by atoms with Gasteiger partial charge in [-0.1, -0.05) is 354 Å². The molecule has 3 unspecified atom stereocenters. The van der Waals surface area contributed by atoms with Gasteiger partial charge in [0.2, 0.25) is 5.91 Å². The van der Waals surface area contributed by atoms with E-state index >= 15 is 0 Å². The van der Waals surface area contributed by atoms with Gasteiger partial charge in [-0.3, -0.25) is 13.8 Å². The first kappa shape index (κ1) is 87.9. The van der Waals surface area contributed by atoms with Crippen molar-refractivity contribution in [3.63, 3.8) is 0 Å². The molecule has 0 aromatic heterocycles. The van der Waals surface area contributed by atoms with Gasteiger partial charge in [-0.15, -0.1) is 0 Å². The molecule has 0 saturated carbocycles. The number of nitrogens with zero attached hydrogens (tertiary/aromatic N) is 1. The summed E-state index contributed by atoms with van der Waals surface area (Å²) < 4.78 is 23.8. The van der Waals surface area contributed by atoms with E-state index in [0.29, 0.717) is 17.4 Å². The lowest BCUT2D eigenvalue weighted by Gasteiger charge is -2.25. The molecule has 0 aliphatic carbocycles. The fourth-order valence-corrected chi connectivity index (χ4v) is 11.7. The number of carbonyl (C=O) groups is 1. The molecule has 0 saturated heterocycles. The molecule has 0 aliphatic rings. The fourth-order valence-electron chi connectivity index (χ4n) is 11.0. The van der Waals surface area contributed by atoms with Crippen molar-refractivity contribution in [2.45, 2.75) is 353 Å². The van der Waals surface area contributed by atoms with Crippen LogP contribution in [0.5, 0.6) is 0 Å². The Morgan fingerprint density at radius 2 is 0.670 bits per heavy atom. The van der Waals surface area contributed by atoms with Gasteiger partial charge in [0, 0.05) is 6.42 Å². The summed E-state index contributed by atoms with van der Waals surface area (Å²) in [5.74, 6) is -0.189. The zero-order valence-corrected chi connectivity index (χ0v) is 61.2. The molecule has 0 spiro atoms. The van der Waals surface area contributed by atoms with Crippen molar-refractivity contribution >= 4 is 13.7 Å². The Bertz CT molecular complexity index is 1900. The van der Waals surface area contributed by atoms with E-state index in [0.717, 1.165) is 89.9 Å². The van der Waals surface area contributed by atoms with Crippen LogP contribution in [0.15, 0.2) is 122 Å². The summed E-state index contributed by atoms with van der Waals surface area (Å²) in [6.07, 6.45) is 107. The van der Waals surface area contributed by atoms with Crippen LogP contribution in [0.1, 0.15) is 341 Å². The van der Waals surface area contributed by atoms with Crippen molar-refractivity contribution in [1.82, 2.24) is 5.32 Å². The molecule has 91 heavy (non-hydrogen) atoms.